The van der Waals surface area contributed by atoms with E-state index in [2.05, 4.69) is 10.1 Å². The van der Waals surface area contributed by atoms with E-state index in [4.69, 9.17) is 33.5 Å². The Morgan fingerprint density at radius 1 is 1.05 bits per heavy atom. The third kappa shape index (κ3) is 2.35. The monoisotopic (exact) mass is 305 g/mol. The number of rotatable bonds is 2. The molecule has 0 radical (unpaired) electrons. The Balaban J connectivity index is 2.04. The van der Waals surface area contributed by atoms with Gasteiger partial charge in [0.05, 0.1) is 15.6 Å². The zero-order valence-electron chi connectivity index (χ0n) is 10.2. The first-order valence-electron chi connectivity index (χ1n) is 5.79. The van der Waals surface area contributed by atoms with E-state index in [1.54, 1.807) is 30.3 Å². The van der Waals surface area contributed by atoms with Crippen molar-refractivity contribution < 1.29 is 4.52 Å². The van der Waals surface area contributed by atoms with Crippen LogP contribution >= 0.6 is 23.2 Å². The van der Waals surface area contributed by atoms with Crippen molar-refractivity contribution in [2.24, 2.45) is 0 Å². The molecule has 3 aromatic rings. The van der Waals surface area contributed by atoms with Crippen molar-refractivity contribution in [1.82, 2.24) is 10.1 Å². The summed E-state index contributed by atoms with van der Waals surface area (Å²) < 4.78 is 5.24. The number of nitrogen functional groups attached to an aromatic ring is 1. The molecule has 0 saturated heterocycles. The van der Waals surface area contributed by atoms with Gasteiger partial charge in [-0.2, -0.15) is 4.98 Å². The molecule has 0 aliphatic rings. The smallest absolute Gasteiger partial charge is 0.259 e. The Morgan fingerprint density at radius 2 is 1.85 bits per heavy atom. The number of hydrogen-bond donors (Lipinski definition) is 1. The summed E-state index contributed by atoms with van der Waals surface area (Å²) in [6, 6.07) is 12.5. The number of hydrogen-bond acceptors (Lipinski definition) is 4. The van der Waals surface area contributed by atoms with Crippen molar-refractivity contribution in [3.8, 4) is 22.8 Å². The molecule has 0 fully saturated rings. The number of benzene rings is 2. The summed E-state index contributed by atoms with van der Waals surface area (Å²) in [5.74, 6) is 0.762. The summed E-state index contributed by atoms with van der Waals surface area (Å²) in [6.07, 6.45) is 0. The van der Waals surface area contributed by atoms with E-state index in [0.717, 1.165) is 5.56 Å². The molecule has 6 heteroatoms. The van der Waals surface area contributed by atoms with Gasteiger partial charge in [0.1, 0.15) is 0 Å². The van der Waals surface area contributed by atoms with Gasteiger partial charge in [0.15, 0.2) is 0 Å². The van der Waals surface area contributed by atoms with Crippen LogP contribution in [-0.2, 0) is 0 Å². The van der Waals surface area contributed by atoms with Crippen LogP contribution in [0.25, 0.3) is 22.8 Å². The molecule has 1 heterocycles. The van der Waals surface area contributed by atoms with Crippen molar-refractivity contribution in [1.29, 1.82) is 0 Å². The van der Waals surface area contributed by atoms with Gasteiger partial charge in [-0.25, -0.2) is 0 Å². The second kappa shape index (κ2) is 5.15. The normalized spacial score (nSPS) is 10.7. The van der Waals surface area contributed by atoms with Crippen LogP contribution in [0.15, 0.2) is 47.0 Å². The van der Waals surface area contributed by atoms with E-state index < -0.39 is 0 Å². The molecule has 0 bridgehead atoms. The summed E-state index contributed by atoms with van der Waals surface area (Å²) in [6.45, 7) is 0. The zero-order valence-corrected chi connectivity index (χ0v) is 11.7. The van der Waals surface area contributed by atoms with Crippen molar-refractivity contribution in [3.05, 3.63) is 52.5 Å². The number of nitrogens with zero attached hydrogens (tertiary/aromatic N) is 2. The maximum Gasteiger partial charge on any atom is 0.259 e. The molecule has 100 valence electrons. The maximum atomic E-state index is 6.13. The standard InChI is InChI=1S/C14H9Cl2N3O/c15-11-6-2-5-10(12(11)16)14-18-13(19-20-14)8-3-1-4-9(17)7-8/h1-7H,17H2. The van der Waals surface area contributed by atoms with Crippen molar-refractivity contribution in [3.63, 3.8) is 0 Å². The van der Waals surface area contributed by atoms with E-state index in [1.807, 2.05) is 12.1 Å². The molecular formula is C14H9Cl2N3O. The molecule has 4 nitrogen and oxygen atoms in total. The lowest BCUT2D eigenvalue weighted by Crippen LogP contribution is -1.86. The summed E-state index contributed by atoms with van der Waals surface area (Å²) in [5, 5.41) is 4.76. The van der Waals surface area contributed by atoms with E-state index in [-0.39, 0.29) is 0 Å². The molecule has 2 aromatic carbocycles. The lowest BCUT2D eigenvalue weighted by Gasteiger charge is -1.99. The average molecular weight is 306 g/mol. The van der Waals surface area contributed by atoms with Crippen LogP contribution < -0.4 is 5.73 Å². The van der Waals surface area contributed by atoms with Crippen molar-refractivity contribution in [2.45, 2.75) is 0 Å². The van der Waals surface area contributed by atoms with Gasteiger partial charge in [-0.15, -0.1) is 0 Å². The van der Waals surface area contributed by atoms with Crippen LogP contribution in [0.2, 0.25) is 10.0 Å². The maximum absolute atomic E-state index is 6.13. The molecule has 3 rings (SSSR count). The fraction of sp³-hybridized carbons (Fsp3) is 0. The molecule has 0 aliphatic carbocycles. The molecule has 2 N–H and O–H groups in total. The molecule has 0 amide bonds. The minimum Gasteiger partial charge on any atom is -0.399 e. The van der Waals surface area contributed by atoms with Gasteiger partial charge in [-0.3, -0.25) is 0 Å². The topological polar surface area (TPSA) is 64.9 Å². The molecule has 20 heavy (non-hydrogen) atoms. The Labute approximate surface area is 125 Å². The first-order chi connectivity index (χ1) is 9.65. The van der Waals surface area contributed by atoms with Gasteiger partial charge in [0, 0.05) is 11.3 Å². The molecule has 0 unspecified atom stereocenters. The molecule has 0 atom stereocenters. The predicted octanol–water partition coefficient (Wildman–Crippen LogP) is 4.29. The van der Waals surface area contributed by atoms with E-state index >= 15 is 0 Å². The molecule has 0 spiro atoms. The SMILES string of the molecule is Nc1cccc(-c2noc(-c3cccc(Cl)c3Cl)n2)c1. The summed E-state index contributed by atoms with van der Waals surface area (Å²) >= 11 is 12.1. The Morgan fingerprint density at radius 3 is 2.65 bits per heavy atom. The van der Waals surface area contributed by atoms with Gasteiger partial charge in [-0.05, 0) is 24.3 Å². The highest BCUT2D eigenvalue weighted by molar-refractivity contribution is 6.43. The third-order valence-corrected chi connectivity index (χ3v) is 3.57. The Kier molecular flexibility index (Phi) is 3.34. The van der Waals surface area contributed by atoms with E-state index in [1.165, 1.54) is 0 Å². The second-order valence-corrected chi connectivity index (χ2v) is 4.94. The van der Waals surface area contributed by atoms with Crippen LogP contribution in [0.5, 0.6) is 0 Å². The van der Waals surface area contributed by atoms with Gasteiger partial charge in [0.25, 0.3) is 5.89 Å². The van der Waals surface area contributed by atoms with Gasteiger partial charge < -0.3 is 10.3 Å². The van der Waals surface area contributed by atoms with Crippen molar-refractivity contribution in [2.75, 3.05) is 5.73 Å². The number of anilines is 1. The van der Waals surface area contributed by atoms with E-state index in [0.29, 0.717) is 33.0 Å². The van der Waals surface area contributed by atoms with Gasteiger partial charge in [0.2, 0.25) is 5.82 Å². The Hall–Kier alpha value is -2.04. The van der Waals surface area contributed by atoms with Crippen LogP contribution in [0.4, 0.5) is 5.69 Å². The fourth-order valence-corrected chi connectivity index (χ4v) is 2.18. The minimum absolute atomic E-state index is 0.315. The first-order valence-corrected chi connectivity index (χ1v) is 6.55. The van der Waals surface area contributed by atoms with E-state index in [9.17, 15) is 0 Å². The highest BCUT2D eigenvalue weighted by atomic mass is 35.5. The molecule has 0 saturated carbocycles. The lowest BCUT2D eigenvalue weighted by molar-refractivity contribution is 0.432. The van der Waals surface area contributed by atoms with Crippen molar-refractivity contribution >= 4 is 28.9 Å². The first kappa shape index (κ1) is 13.0. The second-order valence-electron chi connectivity index (χ2n) is 4.15. The predicted molar refractivity (Wildman–Crippen MR) is 79.6 cm³/mol. The van der Waals surface area contributed by atoms with Crippen LogP contribution in [-0.4, -0.2) is 10.1 Å². The summed E-state index contributed by atoms with van der Waals surface area (Å²) in [7, 11) is 0. The number of halogens is 2. The lowest BCUT2D eigenvalue weighted by atomic mass is 10.2. The molecular weight excluding hydrogens is 297 g/mol. The highest BCUT2D eigenvalue weighted by Crippen LogP contribution is 2.33. The zero-order chi connectivity index (χ0) is 14.1. The average Bonchev–Trinajstić information content (AvgIpc) is 2.91. The third-order valence-electron chi connectivity index (χ3n) is 2.75. The molecule has 1 aromatic heterocycles. The van der Waals surface area contributed by atoms with Crippen LogP contribution in [0.3, 0.4) is 0 Å². The highest BCUT2D eigenvalue weighted by Gasteiger charge is 2.14. The van der Waals surface area contributed by atoms with Gasteiger partial charge >= 0.3 is 0 Å². The van der Waals surface area contributed by atoms with Crippen LogP contribution in [0, 0.1) is 0 Å². The molecule has 0 aliphatic heterocycles. The number of nitrogens with two attached hydrogens (primary N) is 1. The minimum atomic E-state index is 0.315. The van der Waals surface area contributed by atoms with Gasteiger partial charge in [-0.1, -0.05) is 46.6 Å². The fourth-order valence-electron chi connectivity index (χ4n) is 1.80. The summed E-state index contributed by atoms with van der Waals surface area (Å²) in [4.78, 5) is 4.32. The quantitative estimate of drug-likeness (QED) is 0.717. The largest absolute Gasteiger partial charge is 0.399 e. The van der Waals surface area contributed by atoms with Crippen LogP contribution in [0.1, 0.15) is 0 Å². The summed E-state index contributed by atoms with van der Waals surface area (Å²) in [5.41, 5.74) is 7.74. The Bertz CT molecular complexity index is 771. The number of aromatic nitrogens is 2.